The number of morpholine rings is 1. The van der Waals surface area contributed by atoms with Crippen LogP contribution in [0.5, 0.6) is 0 Å². The summed E-state index contributed by atoms with van der Waals surface area (Å²) in [4.78, 5) is 27.0. The lowest BCUT2D eigenvalue weighted by Gasteiger charge is -2.27. The van der Waals surface area contributed by atoms with Crippen molar-refractivity contribution in [3.63, 3.8) is 0 Å². The van der Waals surface area contributed by atoms with Crippen LogP contribution in [0, 0.1) is 6.92 Å². The Kier molecular flexibility index (Phi) is 5.34. The van der Waals surface area contributed by atoms with Gasteiger partial charge in [0.05, 0.1) is 19.4 Å². The minimum absolute atomic E-state index is 0.0632. The molecule has 2 aromatic heterocycles. The van der Waals surface area contributed by atoms with Crippen molar-refractivity contribution in [2.45, 2.75) is 6.92 Å². The number of hydrogen-bond donors (Lipinski definition) is 2. The van der Waals surface area contributed by atoms with Gasteiger partial charge in [-0.1, -0.05) is 29.8 Å². The average molecular weight is 395 g/mol. The van der Waals surface area contributed by atoms with Crippen molar-refractivity contribution in [2.24, 2.45) is 5.10 Å². The number of fused-ring (bicyclic) bond motifs is 1. The summed E-state index contributed by atoms with van der Waals surface area (Å²) < 4.78 is 11.1. The van der Waals surface area contributed by atoms with Crippen LogP contribution in [0.25, 0.3) is 11.2 Å². The summed E-state index contributed by atoms with van der Waals surface area (Å²) in [6.45, 7) is 4.47. The second-order valence-corrected chi connectivity index (χ2v) is 6.51. The number of oxazole rings is 1. The molecule has 1 aliphatic rings. The van der Waals surface area contributed by atoms with Gasteiger partial charge in [-0.2, -0.15) is 20.1 Å². The highest BCUT2D eigenvalue weighted by Gasteiger charge is 2.23. The first-order valence-electron chi connectivity index (χ1n) is 9.23. The number of nitrogens with zero attached hydrogens (tertiary/aromatic N) is 5. The van der Waals surface area contributed by atoms with Crippen LogP contribution >= 0.6 is 0 Å². The number of amides is 1. The van der Waals surface area contributed by atoms with Crippen molar-refractivity contribution in [3.05, 3.63) is 41.3 Å². The van der Waals surface area contributed by atoms with Crippen LogP contribution in [0.4, 0.5) is 11.8 Å². The Morgan fingerprint density at radius 1 is 1.24 bits per heavy atom. The predicted molar refractivity (Wildman–Crippen MR) is 108 cm³/mol. The SMILES string of the molecule is CNC(=O)c1nc2nc(N/N=C/c3cccc(C)c3)nc(N3CCOCC3)c2o1. The third-order valence-corrected chi connectivity index (χ3v) is 4.39. The number of ether oxygens (including phenoxy) is 1. The van der Waals surface area contributed by atoms with Crippen LogP contribution in [-0.2, 0) is 4.74 Å². The summed E-state index contributed by atoms with van der Waals surface area (Å²) in [7, 11) is 1.51. The summed E-state index contributed by atoms with van der Waals surface area (Å²) in [5.41, 5.74) is 5.59. The molecule has 2 N–H and O–H groups in total. The molecular weight excluding hydrogens is 374 g/mol. The van der Waals surface area contributed by atoms with Gasteiger partial charge in [-0.05, 0) is 12.5 Å². The van der Waals surface area contributed by atoms with Crippen LogP contribution in [0.1, 0.15) is 21.8 Å². The number of carbonyl (C=O) groups is 1. The normalized spacial score (nSPS) is 14.5. The van der Waals surface area contributed by atoms with Gasteiger partial charge in [-0.15, -0.1) is 0 Å². The first kappa shape index (κ1) is 18.8. The molecule has 0 spiro atoms. The third-order valence-electron chi connectivity index (χ3n) is 4.39. The van der Waals surface area contributed by atoms with E-state index in [4.69, 9.17) is 9.15 Å². The highest BCUT2D eigenvalue weighted by molar-refractivity contribution is 5.93. The van der Waals surface area contributed by atoms with Crippen molar-refractivity contribution in [1.29, 1.82) is 0 Å². The number of nitrogens with one attached hydrogen (secondary N) is 2. The van der Waals surface area contributed by atoms with Crippen LogP contribution < -0.4 is 15.6 Å². The van der Waals surface area contributed by atoms with E-state index in [0.29, 0.717) is 37.7 Å². The first-order chi connectivity index (χ1) is 14.1. The van der Waals surface area contributed by atoms with E-state index in [9.17, 15) is 4.79 Å². The minimum Gasteiger partial charge on any atom is -0.427 e. The predicted octanol–water partition coefficient (Wildman–Crippen LogP) is 1.57. The lowest BCUT2D eigenvalue weighted by molar-refractivity contribution is 0.0931. The van der Waals surface area contributed by atoms with Gasteiger partial charge in [-0.3, -0.25) is 4.79 Å². The van der Waals surface area contributed by atoms with Crippen molar-refractivity contribution < 1.29 is 13.9 Å². The van der Waals surface area contributed by atoms with E-state index in [1.807, 2.05) is 36.1 Å². The molecule has 10 nitrogen and oxygen atoms in total. The fourth-order valence-electron chi connectivity index (χ4n) is 2.97. The van der Waals surface area contributed by atoms with Gasteiger partial charge >= 0.3 is 5.91 Å². The number of aryl methyl sites for hydroxylation is 1. The Bertz CT molecular complexity index is 1060. The largest absolute Gasteiger partial charge is 0.427 e. The number of aromatic nitrogens is 3. The summed E-state index contributed by atoms with van der Waals surface area (Å²) in [5, 5.41) is 6.72. The molecule has 4 rings (SSSR count). The number of hydrogen-bond acceptors (Lipinski definition) is 9. The molecule has 1 aromatic carbocycles. The quantitative estimate of drug-likeness (QED) is 0.494. The fraction of sp³-hybridized carbons (Fsp3) is 0.316. The molecular formula is C19H21N7O3. The topological polar surface area (TPSA) is 118 Å². The van der Waals surface area contributed by atoms with Gasteiger partial charge in [0.2, 0.25) is 17.2 Å². The van der Waals surface area contributed by atoms with E-state index >= 15 is 0 Å². The van der Waals surface area contributed by atoms with Crippen LogP contribution in [0.15, 0.2) is 33.8 Å². The fourth-order valence-corrected chi connectivity index (χ4v) is 2.97. The molecule has 0 unspecified atom stereocenters. The average Bonchev–Trinajstić information content (AvgIpc) is 3.17. The standard InChI is InChI=1S/C19H21N7O3/c1-12-4-3-5-13(10-12)11-21-25-19-23-15-14(29-18(22-15)17(27)20-2)16(24-19)26-6-8-28-9-7-26/h3-5,10-11H,6-9H2,1-2H3,(H,20,27)(H,23,24,25)/b21-11+. The van der Waals surface area contributed by atoms with Crippen molar-refractivity contribution in [2.75, 3.05) is 43.7 Å². The molecule has 0 aliphatic carbocycles. The zero-order valence-electron chi connectivity index (χ0n) is 16.2. The Hall–Kier alpha value is -3.53. The number of hydrazone groups is 1. The van der Waals surface area contributed by atoms with E-state index in [-0.39, 0.29) is 17.5 Å². The molecule has 1 aliphatic heterocycles. The second kappa shape index (κ2) is 8.23. The Labute approximate surface area is 167 Å². The molecule has 29 heavy (non-hydrogen) atoms. The Morgan fingerprint density at radius 2 is 2.07 bits per heavy atom. The Morgan fingerprint density at radius 3 is 2.83 bits per heavy atom. The number of carbonyl (C=O) groups excluding carboxylic acids is 1. The van der Waals surface area contributed by atoms with Gasteiger partial charge in [0, 0.05) is 20.1 Å². The van der Waals surface area contributed by atoms with E-state index in [1.54, 1.807) is 6.21 Å². The summed E-state index contributed by atoms with van der Waals surface area (Å²) >= 11 is 0. The molecule has 3 aromatic rings. The van der Waals surface area contributed by atoms with Gasteiger partial charge in [0.25, 0.3) is 5.89 Å². The molecule has 10 heteroatoms. The molecule has 1 amide bonds. The Balaban J connectivity index is 1.67. The van der Waals surface area contributed by atoms with Crippen molar-refractivity contribution in [3.8, 4) is 0 Å². The van der Waals surface area contributed by atoms with E-state index in [2.05, 4.69) is 30.8 Å². The van der Waals surface area contributed by atoms with Crippen LogP contribution in [0.2, 0.25) is 0 Å². The molecule has 0 radical (unpaired) electrons. The maximum atomic E-state index is 11.9. The van der Waals surface area contributed by atoms with Gasteiger partial charge < -0.3 is 19.4 Å². The number of anilines is 2. The second-order valence-electron chi connectivity index (χ2n) is 6.51. The van der Waals surface area contributed by atoms with Crippen LogP contribution in [0.3, 0.4) is 0 Å². The molecule has 3 heterocycles. The van der Waals surface area contributed by atoms with Gasteiger partial charge in [-0.25, -0.2) is 5.43 Å². The van der Waals surface area contributed by atoms with Crippen molar-refractivity contribution in [1.82, 2.24) is 20.3 Å². The van der Waals surface area contributed by atoms with Crippen LogP contribution in [-0.4, -0.2) is 60.4 Å². The minimum atomic E-state index is -0.428. The molecule has 150 valence electrons. The molecule has 0 bridgehead atoms. The van der Waals surface area contributed by atoms with E-state index < -0.39 is 5.91 Å². The van der Waals surface area contributed by atoms with Gasteiger partial charge in [0.15, 0.2) is 5.82 Å². The zero-order valence-corrected chi connectivity index (χ0v) is 16.2. The highest BCUT2D eigenvalue weighted by atomic mass is 16.5. The molecule has 0 atom stereocenters. The molecule has 1 fully saturated rings. The lowest BCUT2D eigenvalue weighted by atomic mass is 10.2. The van der Waals surface area contributed by atoms with Crippen molar-refractivity contribution >= 4 is 35.1 Å². The summed E-state index contributed by atoms with van der Waals surface area (Å²) in [5.74, 6) is 0.323. The monoisotopic (exact) mass is 395 g/mol. The lowest BCUT2D eigenvalue weighted by Crippen LogP contribution is -2.37. The summed E-state index contributed by atoms with van der Waals surface area (Å²) in [6, 6.07) is 7.95. The number of benzene rings is 1. The molecule has 0 saturated carbocycles. The first-order valence-corrected chi connectivity index (χ1v) is 9.23. The summed E-state index contributed by atoms with van der Waals surface area (Å²) in [6.07, 6.45) is 1.69. The zero-order chi connectivity index (χ0) is 20.2. The number of rotatable bonds is 5. The third kappa shape index (κ3) is 4.16. The maximum absolute atomic E-state index is 11.9. The van der Waals surface area contributed by atoms with Gasteiger partial charge in [0.1, 0.15) is 0 Å². The van der Waals surface area contributed by atoms with E-state index in [0.717, 1.165) is 11.1 Å². The smallest absolute Gasteiger partial charge is 0.306 e. The maximum Gasteiger partial charge on any atom is 0.306 e. The van der Waals surface area contributed by atoms with E-state index in [1.165, 1.54) is 7.05 Å². The molecule has 1 saturated heterocycles. The highest BCUT2D eigenvalue weighted by Crippen LogP contribution is 2.27.